The van der Waals surface area contributed by atoms with Crippen molar-refractivity contribution in [2.45, 2.75) is 38.6 Å². The van der Waals surface area contributed by atoms with Gasteiger partial charge in [-0.1, -0.05) is 60.7 Å². The van der Waals surface area contributed by atoms with Crippen LogP contribution < -0.4 is 10.9 Å². The number of unbranched alkanes of at least 4 members (excludes halogenated alkanes) is 1. The number of anilines is 1. The number of fused-ring (bicyclic) bond motifs is 1. The second-order valence-corrected chi connectivity index (χ2v) is 9.21. The molecule has 5 rings (SSSR count). The summed E-state index contributed by atoms with van der Waals surface area (Å²) in [7, 11) is 0. The normalized spacial score (nSPS) is 11.0. The summed E-state index contributed by atoms with van der Waals surface area (Å²) in [6.45, 7) is 0.609. The fourth-order valence-electron chi connectivity index (χ4n) is 4.41. The number of nitrogens with zero attached hydrogens (tertiary/aromatic N) is 3. The number of H-pyrrole nitrogens is 1. The minimum Gasteiger partial charge on any atom is -0.341 e. The third-order valence-electron chi connectivity index (χ3n) is 6.29. The van der Waals surface area contributed by atoms with Gasteiger partial charge in [0.15, 0.2) is 5.65 Å². The Morgan fingerprint density at radius 3 is 2.38 bits per heavy atom. The Morgan fingerprint density at radius 2 is 1.62 bits per heavy atom. The van der Waals surface area contributed by atoms with Crippen LogP contribution in [0.2, 0.25) is 0 Å². The van der Waals surface area contributed by atoms with Gasteiger partial charge in [-0.25, -0.2) is 0 Å². The van der Waals surface area contributed by atoms with Crippen molar-refractivity contribution in [2.75, 3.05) is 5.32 Å². The quantitative estimate of drug-likeness (QED) is 0.271. The third kappa shape index (κ3) is 6.58. The number of nitrogens with one attached hydrogen (secondary N) is 2. The minimum absolute atomic E-state index is 0.128. The zero-order chi connectivity index (χ0) is 25.5. The Hall–Kier alpha value is -4.52. The molecule has 0 atom stereocenters. The molecule has 0 saturated heterocycles. The molecule has 0 unspecified atom stereocenters. The van der Waals surface area contributed by atoms with Gasteiger partial charge in [0.05, 0.1) is 12.1 Å². The minimum atomic E-state index is -0.143. The van der Waals surface area contributed by atoms with Gasteiger partial charge >= 0.3 is 0 Å². The molecule has 3 heterocycles. The van der Waals surface area contributed by atoms with Gasteiger partial charge in [-0.15, -0.1) is 5.10 Å². The van der Waals surface area contributed by atoms with E-state index in [1.165, 1.54) is 11.6 Å². The second kappa shape index (κ2) is 11.5. The van der Waals surface area contributed by atoms with E-state index in [4.69, 9.17) is 0 Å². The molecule has 7 nitrogen and oxygen atoms in total. The molecular formula is C30H29N5O2. The first-order chi connectivity index (χ1) is 18.1. The van der Waals surface area contributed by atoms with E-state index in [-0.39, 0.29) is 17.9 Å². The van der Waals surface area contributed by atoms with Gasteiger partial charge < -0.3 is 14.9 Å². The van der Waals surface area contributed by atoms with Crippen LogP contribution in [0.1, 0.15) is 35.4 Å². The van der Waals surface area contributed by atoms with Crippen LogP contribution in [0.5, 0.6) is 0 Å². The average Bonchev–Trinajstić information content (AvgIpc) is 3.30. The monoisotopic (exact) mass is 491 g/mol. The van der Waals surface area contributed by atoms with E-state index in [1.54, 1.807) is 16.8 Å². The number of aromatic amines is 1. The average molecular weight is 492 g/mol. The maximum absolute atomic E-state index is 12.5. The number of rotatable bonds is 10. The zero-order valence-electron chi connectivity index (χ0n) is 20.6. The lowest BCUT2D eigenvalue weighted by molar-refractivity contribution is -0.115. The Morgan fingerprint density at radius 1 is 0.865 bits per heavy atom. The fraction of sp³-hybridized carbons (Fsp3) is 0.200. The van der Waals surface area contributed by atoms with Gasteiger partial charge in [0.25, 0.3) is 5.56 Å². The van der Waals surface area contributed by atoms with E-state index in [0.717, 1.165) is 53.7 Å². The molecule has 3 aromatic heterocycles. The fourth-order valence-corrected chi connectivity index (χ4v) is 4.41. The number of pyridine rings is 1. The van der Waals surface area contributed by atoms with Crippen LogP contribution in [0.4, 0.5) is 5.69 Å². The lowest BCUT2D eigenvalue weighted by Gasteiger charge is -2.09. The summed E-state index contributed by atoms with van der Waals surface area (Å²) in [5.41, 5.74) is 5.44. The van der Waals surface area contributed by atoms with E-state index >= 15 is 0 Å². The molecule has 0 aliphatic heterocycles. The van der Waals surface area contributed by atoms with Crippen molar-refractivity contribution in [2.24, 2.45) is 0 Å². The smallest absolute Gasteiger partial charge is 0.252 e. The molecule has 0 saturated carbocycles. The lowest BCUT2D eigenvalue weighted by atomic mass is 10.1. The van der Waals surface area contributed by atoms with E-state index in [9.17, 15) is 9.59 Å². The maximum Gasteiger partial charge on any atom is 0.252 e. The summed E-state index contributed by atoms with van der Waals surface area (Å²) < 4.78 is 1.67. The maximum atomic E-state index is 12.5. The van der Waals surface area contributed by atoms with E-state index in [2.05, 4.69) is 44.8 Å². The number of aromatic nitrogens is 4. The molecule has 37 heavy (non-hydrogen) atoms. The van der Waals surface area contributed by atoms with Gasteiger partial charge in [-0.05, 0) is 48.6 Å². The SMILES string of the molecule is O=C(Cc1ccccc1)Nc1ccn(CCCCc2cc3cc(Cc4ccccc4)[nH]c3nn2)c(=O)c1. The van der Waals surface area contributed by atoms with Crippen LogP contribution in [-0.4, -0.2) is 25.7 Å². The zero-order valence-corrected chi connectivity index (χ0v) is 20.6. The van der Waals surface area contributed by atoms with Crippen LogP contribution >= 0.6 is 0 Å². The Balaban J connectivity index is 1.11. The highest BCUT2D eigenvalue weighted by Gasteiger charge is 2.08. The highest BCUT2D eigenvalue weighted by Crippen LogP contribution is 2.17. The first-order valence-electron chi connectivity index (χ1n) is 12.5. The topological polar surface area (TPSA) is 92.7 Å². The summed E-state index contributed by atoms with van der Waals surface area (Å²) >= 11 is 0. The number of benzene rings is 2. The van der Waals surface area contributed by atoms with Gasteiger partial charge in [0, 0.05) is 42.0 Å². The van der Waals surface area contributed by atoms with Crippen LogP contribution in [0.3, 0.4) is 0 Å². The number of hydrogen-bond donors (Lipinski definition) is 2. The van der Waals surface area contributed by atoms with E-state index in [1.807, 2.05) is 48.5 Å². The van der Waals surface area contributed by atoms with Crippen molar-refractivity contribution < 1.29 is 4.79 Å². The number of carbonyl (C=O) groups excluding carboxylic acids is 1. The summed E-state index contributed by atoms with van der Waals surface area (Å²) in [5.74, 6) is -0.143. The number of aryl methyl sites for hydroxylation is 2. The largest absolute Gasteiger partial charge is 0.341 e. The van der Waals surface area contributed by atoms with Crippen molar-refractivity contribution in [3.05, 3.63) is 124 Å². The molecule has 5 aromatic rings. The van der Waals surface area contributed by atoms with Crippen molar-refractivity contribution in [1.82, 2.24) is 19.7 Å². The molecular weight excluding hydrogens is 462 g/mol. The predicted octanol–water partition coefficient (Wildman–Crippen LogP) is 4.91. The van der Waals surface area contributed by atoms with Crippen molar-refractivity contribution in [1.29, 1.82) is 0 Å². The second-order valence-electron chi connectivity index (χ2n) is 9.21. The van der Waals surface area contributed by atoms with Crippen LogP contribution in [0, 0.1) is 0 Å². The summed E-state index contributed by atoms with van der Waals surface area (Å²) in [6, 6.07) is 27.3. The lowest BCUT2D eigenvalue weighted by Crippen LogP contribution is -2.21. The van der Waals surface area contributed by atoms with Crippen LogP contribution in [0.15, 0.2) is 95.9 Å². The van der Waals surface area contributed by atoms with Gasteiger partial charge in [0.2, 0.25) is 5.91 Å². The molecule has 0 aliphatic rings. The number of amides is 1. The molecule has 186 valence electrons. The van der Waals surface area contributed by atoms with Crippen LogP contribution in [-0.2, 0) is 30.6 Å². The van der Waals surface area contributed by atoms with Crippen LogP contribution in [0.25, 0.3) is 11.0 Å². The first kappa shape index (κ1) is 24.2. The van der Waals surface area contributed by atoms with Gasteiger partial charge in [0.1, 0.15) is 0 Å². The summed E-state index contributed by atoms with van der Waals surface area (Å²) in [5, 5.41) is 12.6. The van der Waals surface area contributed by atoms with E-state index in [0.29, 0.717) is 12.2 Å². The van der Waals surface area contributed by atoms with Crippen molar-refractivity contribution >= 4 is 22.6 Å². The Bertz CT molecular complexity index is 1540. The molecule has 7 heteroatoms. The Labute approximate surface area is 215 Å². The summed E-state index contributed by atoms with van der Waals surface area (Å²) in [6.07, 6.45) is 5.37. The molecule has 0 bridgehead atoms. The number of hydrogen-bond acceptors (Lipinski definition) is 4. The highest BCUT2D eigenvalue weighted by molar-refractivity contribution is 5.92. The Kier molecular flexibility index (Phi) is 7.50. The van der Waals surface area contributed by atoms with Gasteiger partial charge in [-0.2, -0.15) is 5.10 Å². The van der Waals surface area contributed by atoms with Gasteiger partial charge in [-0.3, -0.25) is 9.59 Å². The van der Waals surface area contributed by atoms with Crippen molar-refractivity contribution in [3.63, 3.8) is 0 Å². The predicted molar refractivity (Wildman–Crippen MR) is 146 cm³/mol. The molecule has 0 spiro atoms. The molecule has 0 aliphatic carbocycles. The standard InChI is InChI=1S/C30H29N5O2/c36-28(18-23-11-5-2-6-12-23)31-25-14-16-35(29(37)21-25)15-8-7-13-26-19-24-20-27(32-30(24)34-33-26)17-22-9-3-1-4-10-22/h1-6,9-12,14,16,19-21H,7-8,13,15,17-18H2,(H,31,36)(H,32,34). The number of carbonyl (C=O) groups is 1. The summed E-state index contributed by atoms with van der Waals surface area (Å²) in [4.78, 5) is 28.1. The molecule has 0 fully saturated rings. The molecule has 2 aromatic carbocycles. The van der Waals surface area contributed by atoms with E-state index < -0.39 is 0 Å². The van der Waals surface area contributed by atoms with Crippen molar-refractivity contribution in [3.8, 4) is 0 Å². The molecule has 1 amide bonds. The highest BCUT2D eigenvalue weighted by atomic mass is 16.1. The molecule has 2 N–H and O–H groups in total. The first-order valence-corrected chi connectivity index (χ1v) is 12.5. The third-order valence-corrected chi connectivity index (χ3v) is 6.29. The molecule has 0 radical (unpaired) electrons.